The van der Waals surface area contributed by atoms with Crippen molar-refractivity contribution in [3.63, 3.8) is 0 Å². The van der Waals surface area contributed by atoms with Gasteiger partial charge in [-0.15, -0.1) is 0 Å². The van der Waals surface area contributed by atoms with Crippen LogP contribution in [0.3, 0.4) is 0 Å². The van der Waals surface area contributed by atoms with Gasteiger partial charge in [0, 0.05) is 0 Å². The molecule has 1 aliphatic heterocycles. The number of carbonyl (C=O) groups excluding carboxylic acids is 2. The summed E-state index contributed by atoms with van der Waals surface area (Å²) in [5, 5.41) is 0. The number of rotatable bonds is 4. The van der Waals surface area contributed by atoms with E-state index in [-0.39, 0.29) is 35.5 Å². The Morgan fingerprint density at radius 1 is 0.903 bits per heavy atom. The first-order valence-corrected chi connectivity index (χ1v) is 11.4. The highest BCUT2D eigenvalue weighted by molar-refractivity contribution is 6.22. The number of benzene rings is 2. The molecule has 2 aromatic rings. The maximum atomic E-state index is 13.3. The van der Waals surface area contributed by atoms with Crippen LogP contribution in [0, 0.1) is 42.4 Å². The van der Waals surface area contributed by atoms with E-state index in [0.717, 1.165) is 16.9 Å². The lowest BCUT2D eigenvalue weighted by Crippen LogP contribution is -2.40. The van der Waals surface area contributed by atoms with Crippen LogP contribution in [0.5, 0.6) is 11.5 Å². The van der Waals surface area contributed by atoms with E-state index in [1.807, 2.05) is 24.3 Å². The number of imide groups is 1. The van der Waals surface area contributed by atoms with Crippen LogP contribution in [0.25, 0.3) is 0 Å². The molecule has 7 rings (SSSR count). The number of aryl methyl sites for hydroxylation is 1. The number of hydrogen-bond donors (Lipinski definition) is 0. The lowest BCUT2D eigenvalue weighted by molar-refractivity contribution is -0.124. The maximum Gasteiger partial charge on any atom is 0.238 e. The van der Waals surface area contributed by atoms with Gasteiger partial charge in [0.1, 0.15) is 11.5 Å². The standard InChI is InChI=1S/C27H27NO3/c1-14(2)18-9-4-15(3)12-23(18)31-17-7-5-16(6-8-17)28-26(29)24-19-10-11-20(22-13-21(19)22)25(24)27(28)30/h4-12,14,19-22,24-25H,13H2,1-3H3/t19-,20+,21-,22-,24+,25+/m1/s1. The number of allylic oxidation sites excluding steroid dienone is 2. The van der Waals surface area contributed by atoms with E-state index in [1.165, 1.54) is 11.3 Å². The Bertz CT molecular complexity index is 1080. The lowest BCUT2D eigenvalue weighted by Gasteiger charge is -2.37. The molecule has 1 heterocycles. The van der Waals surface area contributed by atoms with Crippen LogP contribution < -0.4 is 9.64 Å². The summed E-state index contributed by atoms with van der Waals surface area (Å²) in [5.41, 5.74) is 2.96. The summed E-state index contributed by atoms with van der Waals surface area (Å²) in [7, 11) is 0. The normalized spacial score (nSPS) is 32.5. The fraction of sp³-hybridized carbons (Fsp3) is 0.407. The molecule has 2 aromatic carbocycles. The number of hydrogen-bond acceptors (Lipinski definition) is 3. The van der Waals surface area contributed by atoms with Gasteiger partial charge in [-0.1, -0.05) is 38.1 Å². The molecule has 4 heteroatoms. The number of ether oxygens (including phenoxy) is 1. The van der Waals surface area contributed by atoms with Crippen molar-refractivity contribution in [2.24, 2.45) is 35.5 Å². The van der Waals surface area contributed by atoms with E-state index in [0.29, 0.717) is 29.2 Å². The Labute approximate surface area is 182 Å². The molecule has 4 aliphatic carbocycles. The van der Waals surface area contributed by atoms with Gasteiger partial charge in [-0.3, -0.25) is 14.5 Å². The average Bonchev–Trinajstić information content (AvgIpc) is 3.52. The summed E-state index contributed by atoms with van der Waals surface area (Å²) >= 11 is 0. The Morgan fingerprint density at radius 2 is 1.52 bits per heavy atom. The Morgan fingerprint density at radius 3 is 2.10 bits per heavy atom. The first-order chi connectivity index (χ1) is 14.9. The number of nitrogens with zero attached hydrogens (tertiary/aromatic N) is 1. The molecule has 31 heavy (non-hydrogen) atoms. The minimum Gasteiger partial charge on any atom is -0.457 e. The van der Waals surface area contributed by atoms with Gasteiger partial charge in [0.25, 0.3) is 0 Å². The third-order valence-electron chi connectivity index (χ3n) is 7.78. The highest BCUT2D eigenvalue weighted by Crippen LogP contribution is 2.65. The van der Waals surface area contributed by atoms with Gasteiger partial charge < -0.3 is 4.74 Å². The quantitative estimate of drug-likeness (QED) is 0.493. The van der Waals surface area contributed by atoms with Crippen LogP contribution in [0.15, 0.2) is 54.6 Å². The fourth-order valence-corrected chi connectivity index (χ4v) is 6.21. The molecular weight excluding hydrogens is 386 g/mol. The molecule has 6 atom stereocenters. The molecule has 0 aromatic heterocycles. The van der Waals surface area contributed by atoms with E-state index in [4.69, 9.17) is 4.74 Å². The molecule has 2 amide bonds. The monoisotopic (exact) mass is 413 g/mol. The smallest absolute Gasteiger partial charge is 0.238 e. The minimum absolute atomic E-state index is 0.0193. The van der Waals surface area contributed by atoms with Crippen LogP contribution in [-0.4, -0.2) is 11.8 Å². The second-order valence-corrected chi connectivity index (χ2v) is 9.96. The molecule has 0 radical (unpaired) electrons. The van der Waals surface area contributed by atoms with Gasteiger partial charge in [0.2, 0.25) is 11.8 Å². The Kier molecular flexibility index (Phi) is 3.99. The summed E-state index contributed by atoms with van der Waals surface area (Å²) in [4.78, 5) is 28.0. The third-order valence-corrected chi connectivity index (χ3v) is 7.78. The molecule has 0 unspecified atom stereocenters. The SMILES string of the molecule is Cc1ccc(C(C)C)c(Oc2ccc(N3C(=O)[C@H]4[C@@H]5C=C[C@@H]([C@H]6C[C@H]56)[C@@H]4C3=O)cc2)c1. The lowest BCUT2D eigenvalue weighted by atomic mass is 9.63. The molecule has 5 aliphatic rings. The van der Waals surface area contributed by atoms with E-state index in [9.17, 15) is 9.59 Å². The van der Waals surface area contributed by atoms with Gasteiger partial charge in [-0.25, -0.2) is 0 Å². The Balaban J connectivity index is 1.26. The highest BCUT2D eigenvalue weighted by Gasteiger charge is 2.67. The first kappa shape index (κ1) is 18.9. The average molecular weight is 414 g/mol. The van der Waals surface area contributed by atoms with E-state index in [2.05, 4.69) is 51.1 Å². The van der Waals surface area contributed by atoms with Crippen molar-refractivity contribution >= 4 is 17.5 Å². The van der Waals surface area contributed by atoms with Crippen molar-refractivity contribution in [1.82, 2.24) is 0 Å². The molecule has 2 bridgehead atoms. The minimum atomic E-state index is -0.164. The molecule has 3 fully saturated rings. The summed E-state index contributed by atoms with van der Waals surface area (Å²) in [5.74, 6) is 3.28. The van der Waals surface area contributed by atoms with E-state index < -0.39 is 0 Å². The topological polar surface area (TPSA) is 46.6 Å². The zero-order chi connectivity index (χ0) is 21.4. The van der Waals surface area contributed by atoms with Crippen LogP contribution >= 0.6 is 0 Å². The van der Waals surface area contributed by atoms with E-state index in [1.54, 1.807) is 0 Å². The van der Waals surface area contributed by atoms with Crippen LogP contribution in [0.1, 0.15) is 37.3 Å². The highest BCUT2D eigenvalue weighted by atomic mass is 16.5. The second-order valence-electron chi connectivity index (χ2n) is 9.96. The number of amides is 2. The zero-order valence-electron chi connectivity index (χ0n) is 18.1. The van der Waals surface area contributed by atoms with Crippen LogP contribution in [0.2, 0.25) is 0 Å². The van der Waals surface area contributed by atoms with Crippen molar-refractivity contribution < 1.29 is 14.3 Å². The van der Waals surface area contributed by atoms with Crippen LogP contribution in [-0.2, 0) is 9.59 Å². The van der Waals surface area contributed by atoms with Gasteiger partial charge in [-0.2, -0.15) is 0 Å². The number of anilines is 1. The summed E-state index contributed by atoms with van der Waals surface area (Å²) < 4.78 is 6.18. The molecule has 0 N–H and O–H groups in total. The summed E-state index contributed by atoms with van der Waals surface area (Å²) in [6.07, 6.45) is 5.60. The molecule has 2 saturated carbocycles. The van der Waals surface area contributed by atoms with Gasteiger partial charge >= 0.3 is 0 Å². The molecule has 0 spiro atoms. The van der Waals surface area contributed by atoms with Crippen molar-refractivity contribution in [2.45, 2.75) is 33.1 Å². The van der Waals surface area contributed by atoms with Crippen molar-refractivity contribution in [1.29, 1.82) is 0 Å². The fourth-order valence-electron chi connectivity index (χ4n) is 6.21. The first-order valence-electron chi connectivity index (χ1n) is 11.4. The summed E-state index contributed by atoms with van der Waals surface area (Å²) in [6.45, 7) is 6.35. The predicted octanol–water partition coefficient (Wildman–Crippen LogP) is 5.47. The second kappa shape index (κ2) is 6.56. The predicted molar refractivity (Wildman–Crippen MR) is 119 cm³/mol. The molecule has 4 nitrogen and oxygen atoms in total. The largest absolute Gasteiger partial charge is 0.457 e. The maximum absolute atomic E-state index is 13.3. The van der Waals surface area contributed by atoms with Crippen molar-refractivity contribution in [2.75, 3.05) is 4.90 Å². The van der Waals surface area contributed by atoms with Crippen LogP contribution in [0.4, 0.5) is 5.69 Å². The zero-order valence-corrected chi connectivity index (χ0v) is 18.1. The van der Waals surface area contributed by atoms with Gasteiger partial charge in [-0.05, 0) is 84.4 Å². The number of carbonyl (C=O) groups is 2. The van der Waals surface area contributed by atoms with Crippen molar-refractivity contribution in [3.8, 4) is 11.5 Å². The van der Waals surface area contributed by atoms with Gasteiger partial charge in [0.05, 0.1) is 17.5 Å². The third kappa shape index (κ3) is 2.73. The molecular formula is C27H27NO3. The van der Waals surface area contributed by atoms with E-state index >= 15 is 0 Å². The van der Waals surface area contributed by atoms with Crippen molar-refractivity contribution in [3.05, 3.63) is 65.7 Å². The summed E-state index contributed by atoms with van der Waals surface area (Å²) in [6, 6.07) is 13.6. The molecule has 158 valence electrons. The Hall–Kier alpha value is -2.88. The molecule has 1 saturated heterocycles. The van der Waals surface area contributed by atoms with Gasteiger partial charge in [0.15, 0.2) is 0 Å².